The van der Waals surface area contributed by atoms with E-state index in [2.05, 4.69) is 18.4 Å². The van der Waals surface area contributed by atoms with Crippen molar-refractivity contribution in [2.24, 2.45) is 0 Å². The van der Waals surface area contributed by atoms with Gasteiger partial charge in [-0.2, -0.15) is 0 Å². The molecule has 29 heavy (non-hydrogen) atoms. The van der Waals surface area contributed by atoms with Gasteiger partial charge < -0.3 is 4.74 Å². The molecule has 0 amide bonds. The minimum absolute atomic E-state index is 0.271. The number of hydrogen-bond acceptors (Lipinski definition) is 4. The van der Waals surface area contributed by atoms with Crippen LogP contribution in [0.1, 0.15) is 23.6 Å². The van der Waals surface area contributed by atoms with Crippen molar-refractivity contribution in [3.8, 4) is 26.8 Å². The van der Waals surface area contributed by atoms with E-state index < -0.39 is 0 Å². The molecule has 4 aromatic rings. The van der Waals surface area contributed by atoms with Crippen molar-refractivity contribution < 1.29 is 9.13 Å². The second-order valence-electron chi connectivity index (χ2n) is 6.59. The fourth-order valence-corrected chi connectivity index (χ4v) is 5.48. The number of hydrogen-bond donors (Lipinski definition) is 0. The smallest absolute Gasteiger partial charge is 0.147 e. The highest BCUT2D eigenvalue weighted by Gasteiger charge is 2.21. The lowest BCUT2D eigenvalue weighted by Crippen LogP contribution is -2.02. The molecule has 0 bridgehead atoms. The highest BCUT2D eigenvalue weighted by Crippen LogP contribution is 2.42. The quantitative estimate of drug-likeness (QED) is 0.296. The zero-order chi connectivity index (χ0) is 20.5. The van der Waals surface area contributed by atoms with Crippen molar-refractivity contribution in [2.75, 3.05) is 0 Å². The van der Waals surface area contributed by atoms with Crippen molar-refractivity contribution >= 4 is 45.9 Å². The Kier molecular flexibility index (Phi) is 5.93. The van der Waals surface area contributed by atoms with Crippen LogP contribution in [0, 0.1) is 12.7 Å². The van der Waals surface area contributed by atoms with Gasteiger partial charge >= 0.3 is 0 Å². The fraction of sp³-hybridized carbons (Fsp3) is 0.136. The summed E-state index contributed by atoms with van der Waals surface area (Å²) < 4.78 is 19.5. The number of halogens is 3. The van der Waals surface area contributed by atoms with Gasteiger partial charge in [0.25, 0.3) is 0 Å². The fourth-order valence-electron chi connectivity index (χ4n) is 2.88. The molecule has 2 aromatic heterocycles. The van der Waals surface area contributed by atoms with Crippen LogP contribution in [0.5, 0.6) is 5.75 Å². The molecule has 2 nitrogen and oxygen atoms in total. The first-order valence-corrected chi connectivity index (χ1v) is 11.3. The van der Waals surface area contributed by atoms with E-state index in [0.29, 0.717) is 15.8 Å². The Hall–Kier alpha value is -1.92. The van der Waals surface area contributed by atoms with Gasteiger partial charge in [0.15, 0.2) is 0 Å². The molecule has 0 aliphatic carbocycles. The van der Waals surface area contributed by atoms with E-state index in [-0.39, 0.29) is 11.9 Å². The number of aryl methyl sites for hydroxylation is 1. The lowest BCUT2D eigenvalue weighted by Gasteiger charge is -2.12. The third-order valence-electron chi connectivity index (χ3n) is 4.21. The van der Waals surface area contributed by atoms with E-state index in [1.807, 2.05) is 6.92 Å². The lowest BCUT2D eigenvalue weighted by atomic mass is 10.1. The largest absolute Gasteiger partial charge is 0.483 e. The Bertz CT molecular complexity index is 1130. The standard InChI is InChI=1S/C22H16Cl2FNOS2/c1-12-7-19(28-11-12)21-20(14-3-5-17(25)6-4-14)26-22(29-21)13(2)27-18-9-15(23)8-16(24)10-18/h3-11,13H,1-2H3. The maximum Gasteiger partial charge on any atom is 0.147 e. The summed E-state index contributed by atoms with van der Waals surface area (Å²) in [5.41, 5.74) is 2.89. The summed E-state index contributed by atoms with van der Waals surface area (Å²) in [5, 5.41) is 3.96. The van der Waals surface area contributed by atoms with Crippen molar-refractivity contribution in [1.29, 1.82) is 0 Å². The van der Waals surface area contributed by atoms with E-state index in [4.69, 9.17) is 32.9 Å². The Morgan fingerprint density at radius 2 is 1.72 bits per heavy atom. The molecule has 0 aliphatic rings. The number of benzene rings is 2. The summed E-state index contributed by atoms with van der Waals surface area (Å²) in [5.74, 6) is 0.314. The molecule has 1 atom stereocenters. The Morgan fingerprint density at radius 1 is 1.03 bits per heavy atom. The maximum atomic E-state index is 13.4. The molecular weight excluding hydrogens is 448 g/mol. The van der Waals surface area contributed by atoms with Gasteiger partial charge in [0.1, 0.15) is 22.7 Å². The highest BCUT2D eigenvalue weighted by molar-refractivity contribution is 7.21. The van der Waals surface area contributed by atoms with Crippen LogP contribution in [-0.4, -0.2) is 4.98 Å². The normalized spacial score (nSPS) is 12.2. The number of rotatable bonds is 5. The average Bonchev–Trinajstić information content (AvgIpc) is 3.28. The van der Waals surface area contributed by atoms with Gasteiger partial charge in [-0.05, 0) is 73.3 Å². The molecule has 1 unspecified atom stereocenters. The van der Waals surface area contributed by atoms with E-state index in [0.717, 1.165) is 26.0 Å². The van der Waals surface area contributed by atoms with E-state index in [9.17, 15) is 4.39 Å². The summed E-state index contributed by atoms with van der Waals surface area (Å²) in [4.78, 5) is 7.02. The Balaban J connectivity index is 1.73. The molecule has 0 fully saturated rings. The summed E-state index contributed by atoms with van der Waals surface area (Å²) in [6, 6.07) is 13.6. The molecule has 0 saturated heterocycles. The monoisotopic (exact) mass is 463 g/mol. The van der Waals surface area contributed by atoms with Crippen LogP contribution in [0.4, 0.5) is 4.39 Å². The van der Waals surface area contributed by atoms with E-state index >= 15 is 0 Å². The second-order valence-corrected chi connectivity index (χ2v) is 9.41. The minimum Gasteiger partial charge on any atom is -0.483 e. The van der Waals surface area contributed by atoms with Gasteiger partial charge in [0, 0.05) is 20.5 Å². The molecule has 0 N–H and O–H groups in total. The molecule has 0 aliphatic heterocycles. The molecular formula is C22H16Cl2FNOS2. The highest BCUT2D eigenvalue weighted by atomic mass is 35.5. The van der Waals surface area contributed by atoms with Crippen molar-refractivity contribution in [2.45, 2.75) is 20.0 Å². The van der Waals surface area contributed by atoms with Crippen LogP contribution in [0.2, 0.25) is 10.0 Å². The van der Waals surface area contributed by atoms with Crippen LogP contribution < -0.4 is 4.74 Å². The molecule has 2 heterocycles. The van der Waals surface area contributed by atoms with E-state index in [1.54, 1.807) is 53.0 Å². The average molecular weight is 464 g/mol. The molecule has 0 saturated carbocycles. The van der Waals surface area contributed by atoms with Gasteiger partial charge in [0.2, 0.25) is 0 Å². The zero-order valence-electron chi connectivity index (χ0n) is 15.6. The topological polar surface area (TPSA) is 22.1 Å². The second kappa shape index (κ2) is 8.44. The lowest BCUT2D eigenvalue weighted by molar-refractivity contribution is 0.226. The van der Waals surface area contributed by atoms with Crippen LogP contribution in [0.3, 0.4) is 0 Å². The third-order valence-corrected chi connectivity index (χ3v) is 7.09. The zero-order valence-corrected chi connectivity index (χ0v) is 18.7. The first-order chi connectivity index (χ1) is 13.9. The molecule has 148 valence electrons. The summed E-state index contributed by atoms with van der Waals surface area (Å²) in [6.45, 7) is 4.00. The summed E-state index contributed by atoms with van der Waals surface area (Å²) in [7, 11) is 0. The SMILES string of the molecule is Cc1csc(-c2sc(C(C)Oc3cc(Cl)cc(Cl)c3)nc2-c2ccc(F)cc2)c1. The molecule has 7 heteroatoms. The molecule has 2 aromatic carbocycles. The summed E-state index contributed by atoms with van der Waals surface area (Å²) >= 11 is 15.4. The van der Waals surface area contributed by atoms with Gasteiger partial charge in [-0.15, -0.1) is 22.7 Å². The van der Waals surface area contributed by atoms with Crippen LogP contribution in [-0.2, 0) is 0 Å². The molecule has 0 spiro atoms. The Labute approximate surface area is 186 Å². The summed E-state index contributed by atoms with van der Waals surface area (Å²) in [6.07, 6.45) is -0.302. The van der Waals surface area contributed by atoms with Gasteiger partial charge in [-0.3, -0.25) is 0 Å². The first kappa shape index (κ1) is 20.4. The third kappa shape index (κ3) is 4.64. The maximum absolute atomic E-state index is 13.4. The predicted molar refractivity (Wildman–Crippen MR) is 121 cm³/mol. The van der Waals surface area contributed by atoms with Gasteiger partial charge in [0.05, 0.1) is 10.6 Å². The molecule has 0 radical (unpaired) electrons. The number of ether oxygens (including phenoxy) is 1. The first-order valence-electron chi connectivity index (χ1n) is 8.84. The predicted octanol–water partition coefficient (Wildman–Crippen LogP) is 8.43. The molecule has 4 rings (SSSR count). The number of aromatic nitrogens is 1. The minimum atomic E-state index is -0.302. The van der Waals surface area contributed by atoms with Crippen LogP contribution >= 0.6 is 45.9 Å². The Morgan fingerprint density at radius 3 is 2.34 bits per heavy atom. The van der Waals surface area contributed by atoms with Crippen LogP contribution in [0.15, 0.2) is 53.9 Å². The van der Waals surface area contributed by atoms with Crippen molar-refractivity contribution in [3.63, 3.8) is 0 Å². The number of thiophene rings is 1. The van der Waals surface area contributed by atoms with Gasteiger partial charge in [-0.1, -0.05) is 23.2 Å². The van der Waals surface area contributed by atoms with Crippen molar-refractivity contribution in [3.05, 3.63) is 80.3 Å². The van der Waals surface area contributed by atoms with Crippen LogP contribution in [0.25, 0.3) is 21.0 Å². The van der Waals surface area contributed by atoms with Crippen molar-refractivity contribution in [1.82, 2.24) is 4.98 Å². The van der Waals surface area contributed by atoms with Gasteiger partial charge in [-0.25, -0.2) is 9.37 Å². The van der Waals surface area contributed by atoms with E-state index in [1.165, 1.54) is 17.7 Å². The number of nitrogens with zero attached hydrogens (tertiary/aromatic N) is 1. The number of thiazole rings is 1.